The number of para-hydroxylation sites is 2. The van der Waals surface area contributed by atoms with E-state index in [0.717, 1.165) is 4.68 Å². The lowest BCUT2D eigenvalue weighted by Gasteiger charge is -2.12. The molecule has 2 amide bonds. The summed E-state index contributed by atoms with van der Waals surface area (Å²) in [5.41, 5.74) is 0.516. The van der Waals surface area contributed by atoms with Crippen molar-refractivity contribution in [2.75, 3.05) is 10.6 Å². The number of hydrogen-bond donors (Lipinski definition) is 2. The van der Waals surface area contributed by atoms with Crippen molar-refractivity contribution in [3.63, 3.8) is 0 Å². The molecule has 142 valence electrons. The number of aromatic nitrogens is 2. The summed E-state index contributed by atoms with van der Waals surface area (Å²) in [6.07, 6.45) is 1.18. The number of nitrogens with zero attached hydrogens (tertiary/aromatic N) is 2. The standard InChI is InChI=1S/C19H14Cl2N4O3/c20-14-10-22-25(19(28)17(14)21)11-16(26)24-15-9-5-4-8-13(15)18(27)23-12-6-2-1-3-7-12/h1-10H,11H2,(H,23,27)(H,24,26). The smallest absolute Gasteiger partial charge is 0.287 e. The van der Waals surface area contributed by atoms with Gasteiger partial charge in [0.2, 0.25) is 5.91 Å². The predicted octanol–water partition coefficient (Wildman–Crippen LogP) is 3.44. The van der Waals surface area contributed by atoms with Crippen LogP contribution in [0.4, 0.5) is 11.4 Å². The molecule has 0 aliphatic carbocycles. The maximum Gasteiger partial charge on any atom is 0.287 e. The molecule has 7 nitrogen and oxygen atoms in total. The number of amides is 2. The molecule has 0 saturated heterocycles. The lowest BCUT2D eigenvalue weighted by Crippen LogP contribution is -2.30. The van der Waals surface area contributed by atoms with E-state index in [1.165, 1.54) is 6.20 Å². The van der Waals surface area contributed by atoms with E-state index < -0.39 is 11.5 Å². The van der Waals surface area contributed by atoms with Crippen LogP contribution in [0.15, 0.2) is 65.6 Å². The van der Waals surface area contributed by atoms with E-state index >= 15 is 0 Å². The molecule has 0 fully saturated rings. The molecule has 0 aliphatic heterocycles. The zero-order valence-electron chi connectivity index (χ0n) is 14.4. The van der Waals surface area contributed by atoms with E-state index in [4.69, 9.17) is 23.2 Å². The van der Waals surface area contributed by atoms with Crippen molar-refractivity contribution >= 4 is 46.4 Å². The second-order valence-corrected chi connectivity index (χ2v) is 6.47. The molecule has 0 unspecified atom stereocenters. The Morgan fingerprint density at radius 2 is 1.64 bits per heavy atom. The molecular formula is C19H14Cl2N4O3. The first kappa shape index (κ1) is 19.6. The molecule has 0 spiro atoms. The SMILES string of the molecule is O=C(Cn1ncc(Cl)c(Cl)c1=O)Nc1ccccc1C(=O)Nc1ccccc1. The van der Waals surface area contributed by atoms with Crippen molar-refractivity contribution < 1.29 is 9.59 Å². The van der Waals surface area contributed by atoms with E-state index in [1.54, 1.807) is 48.5 Å². The third kappa shape index (κ3) is 4.57. The Morgan fingerprint density at radius 1 is 0.964 bits per heavy atom. The van der Waals surface area contributed by atoms with Gasteiger partial charge in [-0.2, -0.15) is 5.10 Å². The number of carbonyl (C=O) groups is 2. The summed E-state index contributed by atoms with van der Waals surface area (Å²) in [6, 6.07) is 15.5. The second kappa shape index (κ2) is 8.69. The highest BCUT2D eigenvalue weighted by atomic mass is 35.5. The van der Waals surface area contributed by atoms with Crippen LogP contribution in [0.3, 0.4) is 0 Å². The van der Waals surface area contributed by atoms with Gasteiger partial charge in [-0.25, -0.2) is 4.68 Å². The Labute approximate surface area is 169 Å². The number of halogens is 2. The van der Waals surface area contributed by atoms with Gasteiger partial charge < -0.3 is 10.6 Å². The fourth-order valence-electron chi connectivity index (χ4n) is 2.39. The van der Waals surface area contributed by atoms with Crippen LogP contribution in [0.5, 0.6) is 0 Å². The Morgan fingerprint density at radius 3 is 2.39 bits per heavy atom. The number of carbonyl (C=O) groups excluding carboxylic acids is 2. The minimum atomic E-state index is -0.681. The summed E-state index contributed by atoms with van der Waals surface area (Å²) < 4.78 is 0.885. The van der Waals surface area contributed by atoms with Gasteiger partial charge in [-0.15, -0.1) is 0 Å². The normalized spacial score (nSPS) is 10.4. The fraction of sp³-hybridized carbons (Fsp3) is 0.0526. The van der Waals surface area contributed by atoms with Crippen LogP contribution in [0.25, 0.3) is 0 Å². The van der Waals surface area contributed by atoms with Crippen molar-refractivity contribution in [1.29, 1.82) is 0 Å². The van der Waals surface area contributed by atoms with E-state index in [9.17, 15) is 14.4 Å². The summed E-state index contributed by atoms with van der Waals surface area (Å²) in [5, 5.41) is 8.94. The van der Waals surface area contributed by atoms with Crippen molar-refractivity contribution in [2.24, 2.45) is 0 Å². The monoisotopic (exact) mass is 416 g/mol. The molecule has 0 atom stereocenters. The molecule has 3 rings (SSSR count). The van der Waals surface area contributed by atoms with Crippen molar-refractivity contribution in [3.05, 3.63) is 86.8 Å². The highest BCUT2D eigenvalue weighted by molar-refractivity contribution is 6.41. The number of benzene rings is 2. The second-order valence-electron chi connectivity index (χ2n) is 5.68. The van der Waals surface area contributed by atoms with Crippen molar-refractivity contribution in [2.45, 2.75) is 6.54 Å². The van der Waals surface area contributed by atoms with E-state index in [-0.39, 0.29) is 28.1 Å². The molecule has 2 N–H and O–H groups in total. The maximum atomic E-state index is 12.5. The summed E-state index contributed by atoms with van der Waals surface area (Å²) in [7, 11) is 0. The Hall–Kier alpha value is -3.16. The molecule has 1 heterocycles. The van der Waals surface area contributed by atoms with Crippen molar-refractivity contribution in [3.8, 4) is 0 Å². The van der Waals surface area contributed by atoms with Crippen LogP contribution in [0.1, 0.15) is 10.4 Å². The lowest BCUT2D eigenvalue weighted by molar-refractivity contribution is -0.117. The van der Waals surface area contributed by atoms with Gasteiger partial charge in [0, 0.05) is 5.69 Å². The van der Waals surface area contributed by atoms with Gasteiger partial charge in [0.25, 0.3) is 11.5 Å². The number of hydrogen-bond acceptors (Lipinski definition) is 4. The van der Waals surface area contributed by atoms with Gasteiger partial charge in [-0.3, -0.25) is 14.4 Å². The van der Waals surface area contributed by atoms with Gasteiger partial charge in [-0.05, 0) is 24.3 Å². The van der Waals surface area contributed by atoms with Crippen molar-refractivity contribution in [1.82, 2.24) is 9.78 Å². The summed E-state index contributed by atoms with van der Waals surface area (Å²) in [6.45, 7) is -0.385. The average molecular weight is 417 g/mol. The van der Waals surface area contributed by atoms with Crippen LogP contribution < -0.4 is 16.2 Å². The third-order valence-electron chi connectivity index (χ3n) is 3.71. The minimum Gasteiger partial charge on any atom is -0.324 e. The van der Waals surface area contributed by atoms with E-state index in [2.05, 4.69) is 15.7 Å². The molecular weight excluding hydrogens is 403 g/mol. The van der Waals surface area contributed by atoms with Gasteiger partial charge in [-0.1, -0.05) is 53.5 Å². The topological polar surface area (TPSA) is 93.1 Å². The van der Waals surface area contributed by atoms with Crippen LogP contribution in [0.2, 0.25) is 10.0 Å². The molecule has 2 aromatic carbocycles. The first-order valence-corrected chi connectivity index (χ1v) is 8.87. The first-order valence-electron chi connectivity index (χ1n) is 8.12. The molecule has 9 heteroatoms. The third-order valence-corrected chi connectivity index (χ3v) is 4.46. The molecule has 0 aliphatic rings. The molecule has 28 heavy (non-hydrogen) atoms. The highest BCUT2D eigenvalue weighted by Gasteiger charge is 2.15. The van der Waals surface area contributed by atoms with Gasteiger partial charge in [0.1, 0.15) is 11.6 Å². The maximum absolute atomic E-state index is 12.5. The number of nitrogens with one attached hydrogen (secondary N) is 2. The number of rotatable bonds is 5. The quantitative estimate of drug-likeness (QED) is 0.665. The van der Waals surface area contributed by atoms with E-state index in [1.807, 2.05) is 6.07 Å². The Bertz CT molecular complexity index is 1080. The summed E-state index contributed by atoms with van der Waals surface area (Å²) in [4.78, 5) is 36.9. The largest absolute Gasteiger partial charge is 0.324 e. The highest BCUT2D eigenvalue weighted by Crippen LogP contribution is 2.18. The molecule has 3 aromatic rings. The molecule has 0 saturated carbocycles. The zero-order chi connectivity index (χ0) is 20.1. The Balaban J connectivity index is 1.76. The Kier molecular flexibility index (Phi) is 6.08. The zero-order valence-corrected chi connectivity index (χ0v) is 15.9. The predicted molar refractivity (Wildman–Crippen MR) is 108 cm³/mol. The summed E-state index contributed by atoms with van der Waals surface area (Å²) >= 11 is 11.5. The molecule has 0 bridgehead atoms. The summed E-state index contributed by atoms with van der Waals surface area (Å²) in [5.74, 6) is -0.931. The number of anilines is 2. The van der Waals surface area contributed by atoms with Crippen LogP contribution in [-0.4, -0.2) is 21.6 Å². The van der Waals surface area contributed by atoms with Gasteiger partial charge >= 0.3 is 0 Å². The lowest BCUT2D eigenvalue weighted by atomic mass is 10.1. The van der Waals surface area contributed by atoms with E-state index in [0.29, 0.717) is 11.4 Å². The van der Waals surface area contributed by atoms with Crippen LogP contribution in [-0.2, 0) is 11.3 Å². The average Bonchev–Trinajstić information content (AvgIpc) is 2.69. The molecule has 1 aromatic heterocycles. The first-order chi connectivity index (χ1) is 13.5. The van der Waals surface area contributed by atoms with Gasteiger partial charge in [0.15, 0.2) is 0 Å². The van der Waals surface area contributed by atoms with Gasteiger partial charge in [0.05, 0.1) is 22.5 Å². The molecule has 0 radical (unpaired) electrons. The van der Waals surface area contributed by atoms with Crippen LogP contribution >= 0.6 is 23.2 Å². The minimum absolute atomic E-state index is 0.00579. The fourth-order valence-corrected chi connectivity index (χ4v) is 2.66. The van der Waals surface area contributed by atoms with Crippen LogP contribution in [0, 0.1) is 0 Å².